The first-order valence-corrected chi connectivity index (χ1v) is 6.85. The standard InChI is InChI=1S/C16H13Cl2NO/c1-16(20,12-7-5-11(10-19)6-8-12)9-13-14(17)3-2-4-15(13)18/h2-8,20H,9H2,1H3. The number of benzene rings is 2. The van der Waals surface area contributed by atoms with Gasteiger partial charge in [-0.2, -0.15) is 5.26 Å². The molecule has 2 aromatic carbocycles. The third-order valence-corrected chi connectivity index (χ3v) is 3.93. The molecule has 4 heteroatoms. The number of nitrogens with zero attached hydrogens (tertiary/aromatic N) is 1. The molecule has 0 aliphatic carbocycles. The quantitative estimate of drug-likeness (QED) is 0.918. The third kappa shape index (κ3) is 3.13. The van der Waals surface area contributed by atoms with Gasteiger partial charge in [0.15, 0.2) is 0 Å². The first kappa shape index (κ1) is 14.9. The van der Waals surface area contributed by atoms with Gasteiger partial charge in [0, 0.05) is 16.5 Å². The summed E-state index contributed by atoms with van der Waals surface area (Å²) >= 11 is 12.3. The van der Waals surface area contributed by atoms with Crippen LogP contribution >= 0.6 is 23.2 Å². The Hall–Kier alpha value is -1.53. The summed E-state index contributed by atoms with van der Waals surface area (Å²) in [4.78, 5) is 0. The molecule has 1 unspecified atom stereocenters. The Morgan fingerprint density at radius 3 is 2.15 bits per heavy atom. The van der Waals surface area contributed by atoms with Crippen molar-refractivity contribution in [2.24, 2.45) is 0 Å². The molecule has 0 amide bonds. The second kappa shape index (κ2) is 5.85. The second-order valence-corrected chi connectivity index (χ2v) is 5.65. The molecular formula is C16H13Cl2NO. The molecule has 0 saturated heterocycles. The van der Waals surface area contributed by atoms with E-state index in [1.54, 1.807) is 49.4 Å². The van der Waals surface area contributed by atoms with Crippen LogP contribution in [-0.4, -0.2) is 5.11 Å². The summed E-state index contributed by atoms with van der Waals surface area (Å²) in [5.74, 6) is 0. The largest absolute Gasteiger partial charge is 0.385 e. The van der Waals surface area contributed by atoms with Gasteiger partial charge in [0.1, 0.15) is 0 Å². The molecule has 0 spiro atoms. The fourth-order valence-corrected chi connectivity index (χ4v) is 2.58. The number of hydrogen-bond donors (Lipinski definition) is 1. The van der Waals surface area contributed by atoms with Crippen molar-refractivity contribution < 1.29 is 5.11 Å². The third-order valence-electron chi connectivity index (χ3n) is 3.22. The van der Waals surface area contributed by atoms with Crippen LogP contribution in [0.5, 0.6) is 0 Å². The molecule has 1 N–H and O–H groups in total. The maximum Gasteiger partial charge on any atom is 0.0991 e. The Labute approximate surface area is 128 Å². The monoisotopic (exact) mass is 305 g/mol. The molecule has 2 nitrogen and oxygen atoms in total. The average molecular weight is 306 g/mol. The first-order chi connectivity index (χ1) is 9.44. The highest BCUT2D eigenvalue weighted by atomic mass is 35.5. The molecule has 0 heterocycles. The Balaban J connectivity index is 2.33. The van der Waals surface area contributed by atoms with Crippen LogP contribution in [0.3, 0.4) is 0 Å². The van der Waals surface area contributed by atoms with E-state index in [0.29, 0.717) is 33.2 Å². The van der Waals surface area contributed by atoms with Crippen LogP contribution in [0.4, 0.5) is 0 Å². The minimum Gasteiger partial charge on any atom is -0.385 e. The maximum atomic E-state index is 10.7. The Morgan fingerprint density at radius 1 is 1.10 bits per heavy atom. The van der Waals surface area contributed by atoms with E-state index in [1.807, 2.05) is 6.07 Å². The predicted octanol–water partition coefficient (Wildman–Crippen LogP) is 4.32. The van der Waals surface area contributed by atoms with Crippen molar-refractivity contribution in [3.05, 3.63) is 69.2 Å². The van der Waals surface area contributed by atoms with E-state index < -0.39 is 5.60 Å². The fraction of sp³-hybridized carbons (Fsp3) is 0.188. The topological polar surface area (TPSA) is 44.0 Å². The lowest BCUT2D eigenvalue weighted by molar-refractivity contribution is 0.0576. The summed E-state index contributed by atoms with van der Waals surface area (Å²) in [7, 11) is 0. The molecule has 2 aromatic rings. The van der Waals surface area contributed by atoms with E-state index in [2.05, 4.69) is 0 Å². The van der Waals surface area contributed by atoms with Gasteiger partial charge in [-0.05, 0) is 42.3 Å². The van der Waals surface area contributed by atoms with Gasteiger partial charge in [0.05, 0.1) is 17.2 Å². The zero-order valence-corrected chi connectivity index (χ0v) is 12.4. The Bertz CT molecular complexity index is 637. The number of hydrogen-bond acceptors (Lipinski definition) is 2. The second-order valence-electron chi connectivity index (χ2n) is 4.84. The van der Waals surface area contributed by atoms with Gasteiger partial charge in [-0.25, -0.2) is 0 Å². The van der Waals surface area contributed by atoms with Gasteiger partial charge in [-0.15, -0.1) is 0 Å². The van der Waals surface area contributed by atoms with Crippen molar-refractivity contribution >= 4 is 23.2 Å². The highest BCUT2D eigenvalue weighted by molar-refractivity contribution is 6.36. The molecule has 20 heavy (non-hydrogen) atoms. The minimum absolute atomic E-state index is 0.303. The van der Waals surface area contributed by atoms with Crippen LogP contribution < -0.4 is 0 Å². The van der Waals surface area contributed by atoms with Gasteiger partial charge in [0.2, 0.25) is 0 Å². The van der Waals surface area contributed by atoms with E-state index in [9.17, 15) is 5.11 Å². The van der Waals surface area contributed by atoms with Crippen LogP contribution in [0, 0.1) is 11.3 Å². The van der Waals surface area contributed by atoms with Crippen molar-refractivity contribution in [1.82, 2.24) is 0 Å². The smallest absolute Gasteiger partial charge is 0.0991 e. The molecule has 1 atom stereocenters. The van der Waals surface area contributed by atoms with E-state index in [-0.39, 0.29) is 0 Å². The summed E-state index contributed by atoms with van der Waals surface area (Å²) in [6.07, 6.45) is 0.303. The van der Waals surface area contributed by atoms with Gasteiger partial charge in [-0.1, -0.05) is 41.4 Å². The summed E-state index contributed by atoms with van der Waals surface area (Å²) in [6.45, 7) is 1.70. The van der Waals surface area contributed by atoms with Gasteiger partial charge in [0.25, 0.3) is 0 Å². The summed E-state index contributed by atoms with van der Waals surface area (Å²) in [6, 6.07) is 14.1. The van der Waals surface area contributed by atoms with Crippen LogP contribution in [0.1, 0.15) is 23.6 Å². The lowest BCUT2D eigenvalue weighted by Crippen LogP contribution is -2.24. The predicted molar refractivity (Wildman–Crippen MR) is 80.9 cm³/mol. The lowest BCUT2D eigenvalue weighted by atomic mass is 9.88. The zero-order valence-electron chi connectivity index (χ0n) is 10.9. The average Bonchev–Trinajstić information content (AvgIpc) is 2.43. The Morgan fingerprint density at radius 2 is 1.65 bits per heavy atom. The molecule has 0 saturated carbocycles. The number of halogens is 2. The molecular weight excluding hydrogens is 293 g/mol. The van der Waals surface area contributed by atoms with Crippen molar-refractivity contribution in [2.75, 3.05) is 0 Å². The van der Waals surface area contributed by atoms with Crippen molar-refractivity contribution in [2.45, 2.75) is 18.9 Å². The molecule has 0 fully saturated rings. The van der Waals surface area contributed by atoms with E-state index >= 15 is 0 Å². The molecule has 0 aromatic heterocycles. The first-order valence-electron chi connectivity index (χ1n) is 6.10. The van der Waals surface area contributed by atoms with Crippen molar-refractivity contribution in [3.63, 3.8) is 0 Å². The normalized spacial score (nSPS) is 13.6. The highest BCUT2D eigenvalue weighted by Crippen LogP contribution is 2.32. The van der Waals surface area contributed by atoms with Gasteiger partial charge < -0.3 is 5.11 Å². The van der Waals surface area contributed by atoms with Crippen LogP contribution in [-0.2, 0) is 12.0 Å². The van der Waals surface area contributed by atoms with Crippen molar-refractivity contribution in [3.8, 4) is 6.07 Å². The summed E-state index contributed by atoms with van der Waals surface area (Å²) in [5, 5.41) is 20.5. The van der Waals surface area contributed by atoms with Gasteiger partial charge in [-0.3, -0.25) is 0 Å². The highest BCUT2D eigenvalue weighted by Gasteiger charge is 2.25. The zero-order chi connectivity index (χ0) is 14.8. The summed E-state index contributed by atoms with van der Waals surface area (Å²) in [5.41, 5.74) is 0.876. The molecule has 102 valence electrons. The molecule has 2 rings (SSSR count). The van der Waals surface area contributed by atoms with Gasteiger partial charge >= 0.3 is 0 Å². The molecule has 0 aliphatic heterocycles. The molecule has 0 radical (unpaired) electrons. The van der Waals surface area contributed by atoms with Crippen LogP contribution in [0.25, 0.3) is 0 Å². The minimum atomic E-state index is -1.11. The van der Waals surface area contributed by atoms with E-state index in [1.165, 1.54) is 0 Å². The van der Waals surface area contributed by atoms with Crippen molar-refractivity contribution in [1.29, 1.82) is 5.26 Å². The number of rotatable bonds is 3. The number of nitriles is 1. The maximum absolute atomic E-state index is 10.7. The SMILES string of the molecule is CC(O)(Cc1c(Cl)cccc1Cl)c1ccc(C#N)cc1. The number of aliphatic hydroxyl groups is 1. The molecule has 0 bridgehead atoms. The van der Waals surface area contributed by atoms with E-state index in [0.717, 1.165) is 0 Å². The lowest BCUT2D eigenvalue weighted by Gasteiger charge is -2.25. The summed E-state index contributed by atoms with van der Waals surface area (Å²) < 4.78 is 0. The van der Waals surface area contributed by atoms with E-state index in [4.69, 9.17) is 28.5 Å². The fourth-order valence-electron chi connectivity index (χ4n) is 2.05. The molecule has 0 aliphatic rings. The van der Waals surface area contributed by atoms with Crippen LogP contribution in [0.2, 0.25) is 10.0 Å². The van der Waals surface area contributed by atoms with Crippen LogP contribution in [0.15, 0.2) is 42.5 Å². The Kier molecular flexibility index (Phi) is 4.35.